The van der Waals surface area contributed by atoms with Gasteiger partial charge in [0.2, 0.25) is 0 Å². The van der Waals surface area contributed by atoms with Gasteiger partial charge in [-0.3, -0.25) is 4.79 Å². The molecule has 1 heterocycles. The van der Waals surface area contributed by atoms with E-state index in [-0.39, 0.29) is 16.6 Å². The molecule has 1 aromatic rings. The van der Waals surface area contributed by atoms with Gasteiger partial charge in [0.15, 0.2) is 0 Å². The molecule has 0 saturated heterocycles. The van der Waals surface area contributed by atoms with Crippen molar-refractivity contribution in [1.29, 1.82) is 0 Å². The molecule has 0 aromatic carbocycles. The second-order valence-corrected chi connectivity index (χ2v) is 6.63. The Balaban J connectivity index is 2.89. The van der Waals surface area contributed by atoms with E-state index in [1.165, 1.54) is 4.68 Å². The van der Waals surface area contributed by atoms with Crippen LogP contribution < -0.4 is 10.9 Å². The number of aromatic nitrogens is 2. The van der Waals surface area contributed by atoms with Crippen molar-refractivity contribution in [2.75, 3.05) is 11.9 Å². The van der Waals surface area contributed by atoms with Crippen LogP contribution in [0.5, 0.6) is 0 Å². The highest BCUT2D eigenvalue weighted by Crippen LogP contribution is 2.23. The number of hydrogen-bond donors (Lipinski definition) is 1. The lowest BCUT2D eigenvalue weighted by molar-refractivity contribution is 0.304. The Morgan fingerprint density at radius 2 is 1.75 bits per heavy atom. The molecule has 1 aromatic heterocycles. The zero-order chi connectivity index (χ0) is 15.4. The first-order valence-corrected chi connectivity index (χ1v) is 7.64. The van der Waals surface area contributed by atoms with Gasteiger partial charge in [0.25, 0.3) is 5.56 Å². The van der Waals surface area contributed by atoms with Crippen molar-refractivity contribution in [3.63, 3.8) is 0 Å². The molecule has 0 aliphatic carbocycles. The Kier molecular flexibility index (Phi) is 6.06. The molecule has 0 aliphatic heterocycles. The second kappa shape index (κ2) is 7.11. The van der Waals surface area contributed by atoms with Gasteiger partial charge in [-0.05, 0) is 31.6 Å². The van der Waals surface area contributed by atoms with Crippen LogP contribution in [0, 0.1) is 17.8 Å². The van der Waals surface area contributed by atoms with E-state index in [2.05, 4.69) is 38.1 Å². The summed E-state index contributed by atoms with van der Waals surface area (Å²) in [6, 6.07) is 0.00752. The summed E-state index contributed by atoms with van der Waals surface area (Å²) in [5, 5.41) is 7.66. The highest BCUT2D eigenvalue weighted by atomic mass is 35.5. The Hall–Kier alpha value is -1.03. The standard InChI is InChI=1S/C15H26ClN3O/c1-9(2)12(10(3)4)7-17-13-8-18-19(11(5)6)15(20)14(13)16/h8-12,17H,7H2,1-6H3. The molecule has 0 radical (unpaired) electrons. The van der Waals surface area contributed by atoms with Crippen molar-refractivity contribution in [3.05, 3.63) is 21.6 Å². The van der Waals surface area contributed by atoms with Crippen LogP contribution in [-0.4, -0.2) is 16.3 Å². The van der Waals surface area contributed by atoms with Gasteiger partial charge in [0.05, 0.1) is 17.9 Å². The largest absolute Gasteiger partial charge is 0.382 e. The van der Waals surface area contributed by atoms with Crippen LogP contribution in [0.2, 0.25) is 5.02 Å². The maximum atomic E-state index is 12.1. The molecule has 5 heteroatoms. The van der Waals surface area contributed by atoms with Crippen molar-refractivity contribution in [2.45, 2.75) is 47.6 Å². The summed E-state index contributed by atoms with van der Waals surface area (Å²) >= 11 is 6.15. The van der Waals surface area contributed by atoms with E-state index in [1.807, 2.05) is 13.8 Å². The monoisotopic (exact) mass is 299 g/mol. The second-order valence-electron chi connectivity index (χ2n) is 6.25. The minimum Gasteiger partial charge on any atom is -0.382 e. The Morgan fingerprint density at radius 1 is 1.20 bits per heavy atom. The summed E-state index contributed by atoms with van der Waals surface area (Å²) in [5.74, 6) is 1.68. The van der Waals surface area contributed by atoms with Gasteiger partial charge in [-0.2, -0.15) is 5.10 Å². The minimum absolute atomic E-state index is 0.00752. The molecule has 1 rings (SSSR count). The van der Waals surface area contributed by atoms with E-state index in [0.717, 1.165) is 6.54 Å². The average molecular weight is 300 g/mol. The van der Waals surface area contributed by atoms with Crippen LogP contribution >= 0.6 is 11.6 Å². The average Bonchev–Trinajstić information content (AvgIpc) is 2.33. The van der Waals surface area contributed by atoms with E-state index in [0.29, 0.717) is 23.4 Å². The van der Waals surface area contributed by atoms with Gasteiger partial charge in [-0.25, -0.2) is 4.68 Å². The maximum absolute atomic E-state index is 12.1. The van der Waals surface area contributed by atoms with Gasteiger partial charge in [0, 0.05) is 6.54 Å². The zero-order valence-corrected chi connectivity index (χ0v) is 14.0. The van der Waals surface area contributed by atoms with Gasteiger partial charge in [0.1, 0.15) is 5.02 Å². The molecule has 114 valence electrons. The number of nitrogens with zero attached hydrogens (tertiary/aromatic N) is 2. The Labute approximate surface area is 126 Å². The molecule has 0 fully saturated rings. The smallest absolute Gasteiger partial charge is 0.287 e. The first kappa shape index (κ1) is 17.0. The molecule has 0 amide bonds. The van der Waals surface area contributed by atoms with Crippen LogP contribution in [0.1, 0.15) is 47.6 Å². The highest BCUT2D eigenvalue weighted by Gasteiger charge is 2.18. The quantitative estimate of drug-likeness (QED) is 0.868. The molecule has 0 spiro atoms. The maximum Gasteiger partial charge on any atom is 0.287 e. The normalized spacial score (nSPS) is 11.9. The fourth-order valence-corrected chi connectivity index (χ4v) is 2.61. The fraction of sp³-hybridized carbons (Fsp3) is 0.733. The lowest BCUT2D eigenvalue weighted by atomic mass is 9.85. The zero-order valence-electron chi connectivity index (χ0n) is 13.3. The highest BCUT2D eigenvalue weighted by molar-refractivity contribution is 6.32. The SMILES string of the molecule is CC(C)C(CNc1cnn(C(C)C)c(=O)c1Cl)C(C)C. The molecule has 1 N–H and O–H groups in total. The minimum atomic E-state index is -0.239. The lowest BCUT2D eigenvalue weighted by Crippen LogP contribution is -2.28. The molecule has 20 heavy (non-hydrogen) atoms. The summed E-state index contributed by atoms with van der Waals surface area (Å²) in [6.07, 6.45) is 1.64. The van der Waals surface area contributed by atoms with Gasteiger partial charge >= 0.3 is 0 Å². The molecule has 0 unspecified atom stereocenters. The first-order valence-electron chi connectivity index (χ1n) is 7.26. The number of anilines is 1. The predicted octanol–water partition coefficient (Wildman–Crippen LogP) is 3.82. The van der Waals surface area contributed by atoms with Gasteiger partial charge < -0.3 is 5.32 Å². The third-order valence-corrected chi connectivity index (χ3v) is 4.04. The van der Waals surface area contributed by atoms with Gasteiger partial charge in [-0.15, -0.1) is 0 Å². The van der Waals surface area contributed by atoms with Crippen molar-refractivity contribution in [2.24, 2.45) is 17.8 Å². The van der Waals surface area contributed by atoms with Gasteiger partial charge in [-0.1, -0.05) is 39.3 Å². The lowest BCUT2D eigenvalue weighted by Gasteiger charge is -2.25. The number of hydrogen-bond acceptors (Lipinski definition) is 3. The third-order valence-electron chi connectivity index (χ3n) is 3.67. The van der Waals surface area contributed by atoms with E-state index < -0.39 is 0 Å². The number of nitrogens with one attached hydrogen (secondary N) is 1. The number of halogens is 1. The third kappa shape index (κ3) is 3.98. The molecular formula is C15H26ClN3O. The van der Waals surface area contributed by atoms with Crippen LogP contribution in [0.25, 0.3) is 0 Å². The van der Waals surface area contributed by atoms with E-state index in [1.54, 1.807) is 6.20 Å². The Morgan fingerprint density at radius 3 is 2.20 bits per heavy atom. The van der Waals surface area contributed by atoms with Crippen molar-refractivity contribution in [3.8, 4) is 0 Å². The summed E-state index contributed by atoms with van der Waals surface area (Å²) in [5.41, 5.74) is 0.386. The van der Waals surface area contributed by atoms with Crippen molar-refractivity contribution in [1.82, 2.24) is 9.78 Å². The predicted molar refractivity (Wildman–Crippen MR) is 85.5 cm³/mol. The molecule has 0 aliphatic rings. The molecular weight excluding hydrogens is 274 g/mol. The molecule has 0 atom stereocenters. The van der Waals surface area contributed by atoms with Crippen LogP contribution in [-0.2, 0) is 0 Å². The summed E-state index contributed by atoms with van der Waals surface area (Å²) < 4.78 is 1.40. The van der Waals surface area contributed by atoms with E-state index in [4.69, 9.17) is 11.6 Å². The fourth-order valence-electron chi connectivity index (χ4n) is 2.40. The first-order chi connectivity index (χ1) is 9.25. The molecule has 0 bridgehead atoms. The van der Waals surface area contributed by atoms with E-state index in [9.17, 15) is 4.79 Å². The van der Waals surface area contributed by atoms with Crippen LogP contribution in [0.4, 0.5) is 5.69 Å². The molecule has 4 nitrogen and oxygen atoms in total. The van der Waals surface area contributed by atoms with Crippen molar-refractivity contribution < 1.29 is 0 Å². The van der Waals surface area contributed by atoms with E-state index >= 15 is 0 Å². The molecule has 0 saturated carbocycles. The van der Waals surface area contributed by atoms with Crippen LogP contribution in [0.15, 0.2) is 11.0 Å². The summed E-state index contributed by atoms with van der Waals surface area (Å²) in [4.78, 5) is 12.1. The number of rotatable bonds is 6. The summed E-state index contributed by atoms with van der Waals surface area (Å²) in [7, 11) is 0. The van der Waals surface area contributed by atoms with Crippen molar-refractivity contribution >= 4 is 17.3 Å². The Bertz CT molecular complexity index is 486. The summed E-state index contributed by atoms with van der Waals surface area (Å²) in [6.45, 7) is 13.5. The van der Waals surface area contributed by atoms with Crippen LogP contribution in [0.3, 0.4) is 0 Å². The topological polar surface area (TPSA) is 46.9 Å².